The maximum Gasteiger partial charge on any atom is 0.410 e. The number of benzene rings is 3. The Bertz CT molecular complexity index is 1520. The standard InChI is InChI=1S/C38H45N3O6/c1-39-37(42)12-7-6-9-29-13-16-32(17-14-29)33-19-21-41(38(43)47-27-30-10-4-3-5-11-30)26-36(33)46-28-31-15-18-35-34(25-31)40(22-24-45-35)20-8-23-44-2/h3-5,10-11,13-18,25,33,36H,7-8,12,19-24,26-28H2,1-2H3,(H,39,42). The van der Waals surface area contributed by atoms with E-state index < -0.39 is 0 Å². The number of fused-ring (bicyclic) bond motifs is 1. The molecule has 5 rings (SSSR count). The molecule has 2 aliphatic heterocycles. The van der Waals surface area contributed by atoms with E-state index in [0.29, 0.717) is 45.8 Å². The summed E-state index contributed by atoms with van der Waals surface area (Å²) >= 11 is 0. The third-order valence-electron chi connectivity index (χ3n) is 8.57. The van der Waals surface area contributed by atoms with Gasteiger partial charge >= 0.3 is 6.09 Å². The van der Waals surface area contributed by atoms with Crippen LogP contribution in [0.15, 0.2) is 72.8 Å². The van der Waals surface area contributed by atoms with Gasteiger partial charge in [0.2, 0.25) is 5.91 Å². The first-order valence-corrected chi connectivity index (χ1v) is 16.4. The van der Waals surface area contributed by atoms with Gasteiger partial charge in [0.1, 0.15) is 19.0 Å². The van der Waals surface area contributed by atoms with E-state index in [-0.39, 0.29) is 30.6 Å². The second-order valence-corrected chi connectivity index (χ2v) is 11.8. The molecule has 9 nitrogen and oxygen atoms in total. The van der Waals surface area contributed by atoms with Crippen LogP contribution >= 0.6 is 0 Å². The molecule has 0 spiro atoms. The third-order valence-corrected chi connectivity index (χ3v) is 8.57. The number of hydrogen-bond donors (Lipinski definition) is 1. The van der Waals surface area contributed by atoms with Gasteiger partial charge in [0, 0.05) is 58.2 Å². The van der Waals surface area contributed by atoms with Crippen molar-refractivity contribution in [1.82, 2.24) is 10.2 Å². The van der Waals surface area contributed by atoms with Gasteiger partial charge in [-0.15, -0.1) is 0 Å². The summed E-state index contributed by atoms with van der Waals surface area (Å²) in [5.41, 5.74) is 5.12. The van der Waals surface area contributed by atoms with Crippen LogP contribution in [-0.4, -0.2) is 76.6 Å². The number of methoxy groups -OCH3 is 1. The second kappa shape index (κ2) is 17.4. The zero-order valence-electron chi connectivity index (χ0n) is 27.4. The fraction of sp³-hybridized carbons (Fsp3) is 0.421. The van der Waals surface area contributed by atoms with Crippen LogP contribution in [-0.2, 0) is 32.2 Å². The number of rotatable bonds is 12. The molecule has 2 unspecified atom stereocenters. The predicted octanol–water partition coefficient (Wildman–Crippen LogP) is 5.51. The molecular formula is C38H45N3O6. The summed E-state index contributed by atoms with van der Waals surface area (Å²) in [5, 5.41) is 2.62. The van der Waals surface area contributed by atoms with E-state index in [0.717, 1.165) is 59.6 Å². The number of hydrogen-bond acceptors (Lipinski definition) is 7. The maximum absolute atomic E-state index is 13.1. The molecule has 0 aromatic heterocycles. The highest BCUT2D eigenvalue weighted by Gasteiger charge is 2.34. The SMILES string of the molecule is CNC(=O)CCC#Cc1ccc(C2CCN(C(=O)OCc3ccccc3)CC2OCc2ccc3c(c2)N(CCCOC)CCO3)cc1. The summed E-state index contributed by atoms with van der Waals surface area (Å²) < 4.78 is 23.5. The number of carbonyl (C=O) groups excluding carboxylic acids is 2. The molecule has 47 heavy (non-hydrogen) atoms. The minimum absolute atomic E-state index is 0.0147. The number of amides is 2. The number of anilines is 1. The first kappa shape index (κ1) is 33.8. The van der Waals surface area contributed by atoms with E-state index in [1.54, 1.807) is 19.1 Å². The Morgan fingerprint density at radius 2 is 1.83 bits per heavy atom. The lowest BCUT2D eigenvalue weighted by molar-refractivity contribution is -0.120. The van der Waals surface area contributed by atoms with E-state index in [1.165, 1.54) is 0 Å². The zero-order valence-corrected chi connectivity index (χ0v) is 27.4. The van der Waals surface area contributed by atoms with Gasteiger partial charge < -0.3 is 34.1 Å². The summed E-state index contributed by atoms with van der Waals surface area (Å²) in [4.78, 5) is 28.7. The van der Waals surface area contributed by atoms with Crippen molar-refractivity contribution in [3.63, 3.8) is 0 Å². The second-order valence-electron chi connectivity index (χ2n) is 11.8. The molecule has 3 aromatic carbocycles. The summed E-state index contributed by atoms with van der Waals surface area (Å²) in [7, 11) is 3.36. The van der Waals surface area contributed by atoms with Crippen molar-refractivity contribution in [3.05, 3.63) is 95.1 Å². The summed E-state index contributed by atoms with van der Waals surface area (Å²) in [6.45, 7) is 4.75. The van der Waals surface area contributed by atoms with Crippen molar-refractivity contribution in [2.75, 3.05) is 58.5 Å². The lowest BCUT2D eigenvalue weighted by Crippen LogP contribution is -2.47. The molecule has 2 amide bonds. The highest BCUT2D eigenvalue weighted by molar-refractivity contribution is 5.75. The maximum atomic E-state index is 13.1. The Morgan fingerprint density at radius 3 is 2.62 bits per heavy atom. The minimum Gasteiger partial charge on any atom is -0.490 e. The quantitative estimate of drug-likeness (QED) is 0.207. The minimum atomic E-state index is -0.332. The van der Waals surface area contributed by atoms with Crippen LogP contribution in [0.1, 0.15) is 53.9 Å². The van der Waals surface area contributed by atoms with Gasteiger partial charge in [-0.3, -0.25) is 4.79 Å². The average molecular weight is 640 g/mol. The number of likely N-dealkylation sites (tertiary alicyclic amines) is 1. The molecule has 9 heteroatoms. The van der Waals surface area contributed by atoms with Crippen LogP contribution in [0.4, 0.5) is 10.5 Å². The molecule has 0 saturated carbocycles. The number of piperidine rings is 1. The number of nitrogens with zero attached hydrogens (tertiary/aromatic N) is 2. The Hall–Kier alpha value is -4.52. The van der Waals surface area contributed by atoms with Crippen molar-refractivity contribution in [2.24, 2.45) is 0 Å². The highest BCUT2D eigenvalue weighted by atomic mass is 16.6. The van der Waals surface area contributed by atoms with Gasteiger partial charge in [-0.25, -0.2) is 4.79 Å². The summed E-state index contributed by atoms with van der Waals surface area (Å²) in [6, 6.07) is 24.2. The topological polar surface area (TPSA) is 89.6 Å². The van der Waals surface area contributed by atoms with Crippen LogP contribution in [0.2, 0.25) is 0 Å². The van der Waals surface area contributed by atoms with Crippen molar-refractivity contribution < 1.29 is 28.5 Å². The molecule has 2 atom stereocenters. The lowest BCUT2D eigenvalue weighted by Gasteiger charge is -2.38. The Balaban J connectivity index is 1.28. The molecule has 0 aliphatic carbocycles. The first-order chi connectivity index (χ1) is 23.0. The van der Waals surface area contributed by atoms with Crippen LogP contribution in [0.25, 0.3) is 0 Å². The predicted molar refractivity (Wildman–Crippen MR) is 181 cm³/mol. The fourth-order valence-corrected chi connectivity index (χ4v) is 5.97. The molecule has 248 valence electrons. The fourth-order valence-electron chi connectivity index (χ4n) is 5.97. The van der Waals surface area contributed by atoms with Gasteiger partial charge in [-0.2, -0.15) is 0 Å². The van der Waals surface area contributed by atoms with Crippen LogP contribution < -0.4 is 15.0 Å². The van der Waals surface area contributed by atoms with Crippen molar-refractivity contribution in [2.45, 2.75) is 50.9 Å². The molecule has 1 fully saturated rings. The van der Waals surface area contributed by atoms with Gasteiger partial charge in [-0.1, -0.05) is 60.4 Å². The smallest absolute Gasteiger partial charge is 0.410 e. The van der Waals surface area contributed by atoms with Gasteiger partial charge in [0.05, 0.1) is 31.5 Å². The molecule has 2 aliphatic rings. The van der Waals surface area contributed by atoms with Gasteiger partial charge in [-0.05, 0) is 53.8 Å². The molecule has 2 heterocycles. The zero-order chi connectivity index (χ0) is 32.8. The molecular weight excluding hydrogens is 594 g/mol. The van der Waals surface area contributed by atoms with E-state index in [4.69, 9.17) is 18.9 Å². The Labute approximate surface area is 278 Å². The molecule has 1 saturated heterocycles. The molecule has 1 N–H and O–H groups in total. The summed E-state index contributed by atoms with van der Waals surface area (Å²) in [6.07, 6.45) is 2.01. The third kappa shape index (κ3) is 9.74. The average Bonchev–Trinajstić information content (AvgIpc) is 3.12. The highest BCUT2D eigenvalue weighted by Crippen LogP contribution is 2.35. The molecule has 3 aromatic rings. The van der Waals surface area contributed by atoms with Gasteiger partial charge in [0.25, 0.3) is 0 Å². The normalized spacial score (nSPS) is 17.1. The van der Waals surface area contributed by atoms with Crippen molar-refractivity contribution >= 4 is 17.7 Å². The van der Waals surface area contributed by atoms with E-state index in [9.17, 15) is 9.59 Å². The largest absolute Gasteiger partial charge is 0.490 e. The van der Waals surface area contributed by atoms with Crippen molar-refractivity contribution in [3.8, 4) is 17.6 Å². The summed E-state index contributed by atoms with van der Waals surface area (Å²) in [5.74, 6) is 7.20. The number of nitrogens with one attached hydrogen (secondary N) is 1. The Morgan fingerprint density at radius 1 is 1.00 bits per heavy atom. The van der Waals surface area contributed by atoms with Gasteiger partial charge in [0.15, 0.2) is 0 Å². The van der Waals surface area contributed by atoms with E-state index in [1.807, 2.05) is 48.5 Å². The van der Waals surface area contributed by atoms with E-state index in [2.05, 4.69) is 46.3 Å². The van der Waals surface area contributed by atoms with Crippen molar-refractivity contribution in [1.29, 1.82) is 0 Å². The molecule has 0 bridgehead atoms. The molecule has 0 radical (unpaired) electrons. The van der Waals surface area contributed by atoms with Crippen LogP contribution in [0.5, 0.6) is 5.75 Å². The van der Waals surface area contributed by atoms with E-state index >= 15 is 0 Å². The monoisotopic (exact) mass is 639 g/mol. The first-order valence-electron chi connectivity index (χ1n) is 16.4. The lowest BCUT2D eigenvalue weighted by atomic mass is 9.86. The Kier molecular flexibility index (Phi) is 12.5. The number of ether oxygens (including phenoxy) is 4. The van der Waals surface area contributed by atoms with Crippen LogP contribution in [0.3, 0.4) is 0 Å². The van der Waals surface area contributed by atoms with Crippen LogP contribution in [0, 0.1) is 11.8 Å². The number of carbonyl (C=O) groups is 2.